The largest absolute Gasteiger partial charge is 0.494 e. The van der Waals surface area contributed by atoms with Crippen LogP contribution in [0.1, 0.15) is 57.6 Å². The molecular weight excluding hydrogens is 290 g/mol. The van der Waals surface area contributed by atoms with Crippen molar-refractivity contribution in [2.45, 2.75) is 51.9 Å². The number of hydrogen-bond donors (Lipinski definition) is 1. The van der Waals surface area contributed by atoms with Crippen LogP contribution in [0.2, 0.25) is 0 Å². The summed E-state index contributed by atoms with van der Waals surface area (Å²) in [5.74, 6) is 4.68. The maximum absolute atomic E-state index is 6.20. The zero-order chi connectivity index (χ0) is 16.2. The van der Waals surface area contributed by atoms with Gasteiger partial charge in [-0.1, -0.05) is 32.9 Å². The molecule has 1 aliphatic rings. The highest BCUT2D eigenvalue weighted by Crippen LogP contribution is 2.40. The molecule has 124 valence electrons. The second kappa shape index (κ2) is 7.74. The van der Waals surface area contributed by atoms with Crippen molar-refractivity contribution in [2.24, 2.45) is 11.7 Å². The summed E-state index contributed by atoms with van der Waals surface area (Å²) in [6, 6.07) is 6.71. The van der Waals surface area contributed by atoms with E-state index >= 15 is 0 Å². The standard InChI is InChI=1S/C19H31NOS/c1-5-21-18-7-6-15(19(2,3)4)12-16(18)17(13-20)14-8-10-22-11-9-14/h6-7,12,14,17H,5,8-11,13,20H2,1-4H3. The minimum Gasteiger partial charge on any atom is -0.494 e. The number of nitrogens with two attached hydrogens (primary N) is 1. The minimum absolute atomic E-state index is 0.154. The molecule has 2 nitrogen and oxygen atoms in total. The van der Waals surface area contributed by atoms with Crippen LogP contribution in [0.5, 0.6) is 5.75 Å². The molecule has 1 aromatic carbocycles. The Bertz CT molecular complexity index is 475. The van der Waals surface area contributed by atoms with E-state index < -0.39 is 0 Å². The summed E-state index contributed by atoms with van der Waals surface area (Å²) in [6.07, 6.45) is 2.55. The van der Waals surface area contributed by atoms with E-state index in [0.29, 0.717) is 25.0 Å². The molecule has 0 bridgehead atoms. The second-order valence-corrected chi connectivity index (χ2v) is 8.45. The van der Waals surface area contributed by atoms with Gasteiger partial charge >= 0.3 is 0 Å². The van der Waals surface area contributed by atoms with E-state index in [0.717, 1.165) is 5.75 Å². The van der Waals surface area contributed by atoms with Crippen LogP contribution in [0, 0.1) is 5.92 Å². The summed E-state index contributed by atoms with van der Waals surface area (Å²) in [5, 5.41) is 0. The lowest BCUT2D eigenvalue weighted by Gasteiger charge is -2.32. The molecule has 2 rings (SSSR count). The van der Waals surface area contributed by atoms with Gasteiger partial charge in [-0.25, -0.2) is 0 Å². The molecule has 0 spiro atoms. The number of hydrogen-bond acceptors (Lipinski definition) is 3. The Morgan fingerprint density at radius 2 is 1.95 bits per heavy atom. The summed E-state index contributed by atoms with van der Waals surface area (Å²) in [6.45, 7) is 10.3. The van der Waals surface area contributed by atoms with Crippen molar-refractivity contribution in [1.29, 1.82) is 0 Å². The Labute approximate surface area is 140 Å². The first kappa shape index (κ1) is 17.7. The van der Waals surface area contributed by atoms with Crippen molar-refractivity contribution >= 4 is 11.8 Å². The lowest BCUT2D eigenvalue weighted by Crippen LogP contribution is -2.26. The predicted molar refractivity (Wildman–Crippen MR) is 98.2 cm³/mol. The van der Waals surface area contributed by atoms with Crippen LogP contribution in [0.4, 0.5) is 0 Å². The first-order valence-electron chi connectivity index (χ1n) is 8.52. The molecule has 0 radical (unpaired) electrons. The third-order valence-corrected chi connectivity index (χ3v) is 5.71. The Morgan fingerprint density at radius 1 is 1.27 bits per heavy atom. The minimum atomic E-state index is 0.154. The summed E-state index contributed by atoms with van der Waals surface area (Å²) < 4.78 is 5.92. The van der Waals surface area contributed by atoms with Crippen molar-refractivity contribution in [2.75, 3.05) is 24.7 Å². The average molecular weight is 322 g/mol. The molecule has 1 heterocycles. The summed E-state index contributed by atoms with van der Waals surface area (Å²) in [4.78, 5) is 0. The smallest absolute Gasteiger partial charge is 0.122 e. The van der Waals surface area contributed by atoms with Crippen molar-refractivity contribution < 1.29 is 4.74 Å². The fraction of sp³-hybridized carbons (Fsp3) is 0.684. The summed E-state index contributed by atoms with van der Waals surface area (Å²) in [7, 11) is 0. The van der Waals surface area contributed by atoms with Gasteiger partial charge < -0.3 is 10.5 Å². The van der Waals surface area contributed by atoms with Crippen LogP contribution in [-0.4, -0.2) is 24.7 Å². The zero-order valence-corrected chi connectivity index (χ0v) is 15.3. The van der Waals surface area contributed by atoms with E-state index in [9.17, 15) is 0 Å². The van der Waals surface area contributed by atoms with Crippen molar-refractivity contribution in [3.63, 3.8) is 0 Å². The summed E-state index contributed by atoms with van der Waals surface area (Å²) >= 11 is 2.07. The maximum atomic E-state index is 6.20. The molecule has 1 unspecified atom stereocenters. The Morgan fingerprint density at radius 3 is 2.50 bits per heavy atom. The molecule has 3 heteroatoms. The van der Waals surface area contributed by atoms with E-state index in [-0.39, 0.29) is 5.41 Å². The Hall–Kier alpha value is -0.670. The lowest BCUT2D eigenvalue weighted by molar-refractivity contribution is 0.322. The van der Waals surface area contributed by atoms with Gasteiger partial charge in [-0.15, -0.1) is 0 Å². The van der Waals surface area contributed by atoms with Gasteiger partial charge in [0.1, 0.15) is 5.75 Å². The maximum Gasteiger partial charge on any atom is 0.122 e. The predicted octanol–water partition coefficient (Wildman–Crippen LogP) is 4.57. The molecule has 1 fully saturated rings. The van der Waals surface area contributed by atoms with Crippen LogP contribution in [0.3, 0.4) is 0 Å². The second-order valence-electron chi connectivity index (χ2n) is 7.23. The molecule has 1 aliphatic heterocycles. The third kappa shape index (κ3) is 4.20. The molecule has 0 aromatic heterocycles. The normalized spacial score (nSPS) is 18.2. The lowest BCUT2D eigenvalue weighted by atomic mass is 9.79. The van der Waals surface area contributed by atoms with Crippen LogP contribution in [0.15, 0.2) is 18.2 Å². The average Bonchev–Trinajstić information content (AvgIpc) is 2.50. The van der Waals surface area contributed by atoms with Gasteiger partial charge in [0.05, 0.1) is 6.61 Å². The van der Waals surface area contributed by atoms with Crippen LogP contribution >= 0.6 is 11.8 Å². The quantitative estimate of drug-likeness (QED) is 0.863. The zero-order valence-electron chi connectivity index (χ0n) is 14.5. The van der Waals surface area contributed by atoms with Crippen LogP contribution in [0.25, 0.3) is 0 Å². The number of benzene rings is 1. The Balaban J connectivity index is 2.38. The molecule has 0 aliphatic carbocycles. The molecule has 22 heavy (non-hydrogen) atoms. The van der Waals surface area contributed by atoms with Crippen molar-refractivity contribution in [3.8, 4) is 5.75 Å². The topological polar surface area (TPSA) is 35.2 Å². The van der Waals surface area contributed by atoms with E-state index in [4.69, 9.17) is 10.5 Å². The number of rotatable bonds is 5. The molecular formula is C19H31NOS. The molecule has 1 atom stereocenters. The third-order valence-electron chi connectivity index (χ3n) is 4.66. The Kier molecular flexibility index (Phi) is 6.22. The monoisotopic (exact) mass is 321 g/mol. The van der Waals surface area contributed by atoms with Crippen molar-refractivity contribution in [3.05, 3.63) is 29.3 Å². The molecule has 0 saturated carbocycles. The van der Waals surface area contributed by atoms with Gasteiger partial charge in [0.15, 0.2) is 0 Å². The van der Waals surface area contributed by atoms with Crippen LogP contribution < -0.4 is 10.5 Å². The highest BCUT2D eigenvalue weighted by Gasteiger charge is 2.28. The van der Waals surface area contributed by atoms with Crippen molar-refractivity contribution in [1.82, 2.24) is 0 Å². The number of thioether (sulfide) groups is 1. The first-order valence-corrected chi connectivity index (χ1v) is 9.67. The first-order chi connectivity index (χ1) is 10.5. The molecule has 1 aromatic rings. The van der Waals surface area contributed by atoms with E-state index in [1.807, 2.05) is 0 Å². The van der Waals surface area contributed by atoms with E-state index in [2.05, 4.69) is 57.7 Å². The van der Waals surface area contributed by atoms with Gasteiger partial charge in [0.2, 0.25) is 0 Å². The van der Waals surface area contributed by atoms with E-state index in [1.165, 1.54) is 35.5 Å². The van der Waals surface area contributed by atoms with Gasteiger partial charge in [-0.2, -0.15) is 11.8 Å². The van der Waals surface area contributed by atoms with Crippen LogP contribution in [-0.2, 0) is 5.41 Å². The SMILES string of the molecule is CCOc1ccc(C(C)(C)C)cc1C(CN)C1CCSCC1. The highest BCUT2D eigenvalue weighted by atomic mass is 32.2. The highest BCUT2D eigenvalue weighted by molar-refractivity contribution is 7.99. The number of ether oxygens (including phenoxy) is 1. The molecule has 1 saturated heterocycles. The molecule has 0 amide bonds. The fourth-order valence-corrected chi connectivity index (χ4v) is 4.43. The fourth-order valence-electron chi connectivity index (χ4n) is 3.28. The van der Waals surface area contributed by atoms with E-state index in [1.54, 1.807) is 0 Å². The summed E-state index contributed by atoms with van der Waals surface area (Å²) in [5.41, 5.74) is 9.05. The molecule has 2 N–H and O–H groups in total. The van der Waals surface area contributed by atoms with Gasteiger partial charge in [-0.05, 0) is 66.3 Å². The van der Waals surface area contributed by atoms with Gasteiger partial charge in [0, 0.05) is 5.92 Å². The van der Waals surface area contributed by atoms with Gasteiger partial charge in [0.25, 0.3) is 0 Å². The van der Waals surface area contributed by atoms with Gasteiger partial charge in [-0.3, -0.25) is 0 Å².